The lowest BCUT2D eigenvalue weighted by molar-refractivity contribution is 0.0391. The van der Waals surface area contributed by atoms with Crippen LogP contribution in [0.25, 0.3) is 10.2 Å². The Morgan fingerprint density at radius 2 is 1.97 bits per heavy atom. The van der Waals surface area contributed by atoms with Gasteiger partial charge in [0.25, 0.3) is 5.91 Å². The van der Waals surface area contributed by atoms with Crippen LogP contribution < -0.4 is 9.64 Å². The predicted molar refractivity (Wildman–Crippen MR) is 133 cm³/mol. The molecule has 2 aromatic carbocycles. The summed E-state index contributed by atoms with van der Waals surface area (Å²) in [5, 5.41) is 0.721. The van der Waals surface area contributed by atoms with Crippen LogP contribution in [0.2, 0.25) is 0 Å². The SMILES string of the molecule is CCOc1ccc2nc(N(CCN3CCOCC3)C(=O)c3ccc(SCC)cc3)sc2c1. The molecule has 1 aliphatic rings. The van der Waals surface area contributed by atoms with Crippen molar-refractivity contribution < 1.29 is 14.3 Å². The first kappa shape index (κ1) is 23.0. The van der Waals surface area contributed by atoms with Crippen LogP contribution in [0.15, 0.2) is 47.4 Å². The number of rotatable bonds is 9. The number of carbonyl (C=O) groups is 1. The van der Waals surface area contributed by atoms with Crippen molar-refractivity contribution in [1.29, 1.82) is 0 Å². The number of hydrogen-bond acceptors (Lipinski definition) is 7. The number of thioether (sulfide) groups is 1. The van der Waals surface area contributed by atoms with Crippen molar-refractivity contribution in [2.24, 2.45) is 0 Å². The molecule has 0 atom stereocenters. The van der Waals surface area contributed by atoms with Gasteiger partial charge in [-0.05, 0) is 55.1 Å². The van der Waals surface area contributed by atoms with Crippen molar-refractivity contribution in [2.75, 3.05) is 56.7 Å². The Morgan fingerprint density at radius 3 is 2.69 bits per heavy atom. The van der Waals surface area contributed by atoms with Crippen molar-refractivity contribution in [1.82, 2.24) is 9.88 Å². The molecule has 32 heavy (non-hydrogen) atoms. The molecule has 0 N–H and O–H groups in total. The Hall–Kier alpha value is -2.13. The lowest BCUT2D eigenvalue weighted by Gasteiger charge is -2.29. The number of benzene rings is 2. The number of hydrogen-bond donors (Lipinski definition) is 0. The molecule has 1 amide bonds. The van der Waals surface area contributed by atoms with Crippen molar-refractivity contribution in [2.45, 2.75) is 18.7 Å². The number of morpholine rings is 1. The first-order valence-corrected chi connectivity index (χ1v) is 12.9. The van der Waals surface area contributed by atoms with Gasteiger partial charge < -0.3 is 9.47 Å². The summed E-state index contributed by atoms with van der Waals surface area (Å²) in [6.45, 7) is 9.36. The fourth-order valence-electron chi connectivity index (χ4n) is 3.63. The molecule has 2 heterocycles. The number of thiazole rings is 1. The second kappa shape index (κ2) is 11.1. The van der Waals surface area contributed by atoms with Crippen LogP contribution in [0.5, 0.6) is 5.75 Å². The number of aromatic nitrogens is 1. The highest BCUT2D eigenvalue weighted by Gasteiger charge is 2.23. The number of anilines is 1. The van der Waals surface area contributed by atoms with E-state index in [1.54, 1.807) is 11.8 Å². The molecule has 4 rings (SSSR count). The van der Waals surface area contributed by atoms with Crippen LogP contribution in [0.4, 0.5) is 5.13 Å². The third-order valence-electron chi connectivity index (χ3n) is 5.29. The van der Waals surface area contributed by atoms with Gasteiger partial charge in [-0.25, -0.2) is 4.98 Å². The maximum absolute atomic E-state index is 13.6. The summed E-state index contributed by atoms with van der Waals surface area (Å²) >= 11 is 3.31. The molecule has 170 valence electrons. The van der Waals surface area contributed by atoms with Crippen LogP contribution in [-0.4, -0.2) is 67.5 Å². The van der Waals surface area contributed by atoms with Crippen LogP contribution in [0, 0.1) is 0 Å². The third-order valence-corrected chi connectivity index (χ3v) is 7.23. The Balaban J connectivity index is 1.60. The molecule has 1 fully saturated rings. The second-order valence-corrected chi connectivity index (χ2v) is 9.77. The summed E-state index contributed by atoms with van der Waals surface area (Å²) in [7, 11) is 0. The van der Waals surface area contributed by atoms with Crippen molar-refractivity contribution in [3.8, 4) is 5.75 Å². The fraction of sp³-hybridized carbons (Fsp3) is 0.417. The normalized spacial score (nSPS) is 14.6. The van der Waals surface area contributed by atoms with Crippen molar-refractivity contribution in [3.05, 3.63) is 48.0 Å². The van der Waals surface area contributed by atoms with Crippen LogP contribution in [-0.2, 0) is 4.74 Å². The number of fused-ring (bicyclic) bond motifs is 1. The Labute approximate surface area is 197 Å². The van der Waals surface area contributed by atoms with Crippen LogP contribution in [0.3, 0.4) is 0 Å². The van der Waals surface area contributed by atoms with Gasteiger partial charge in [-0.3, -0.25) is 14.6 Å². The van der Waals surface area contributed by atoms with E-state index in [2.05, 4.69) is 11.8 Å². The van der Waals surface area contributed by atoms with E-state index < -0.39 is 0 Å². The first-order chi connectivity index (χ1) is 15.7. The molecule has 0 aliphatic carbocycles. The number of nitrogens with zero attached hydrogens (tertiary/aromatic N) is 3. The minimum Gasteiger partial charge on any atom is -0.494 e. The molecule has 6 nitrogen and oxygen atoms in total. The molecule has 3 aromatic rings. The topological polar surface area (TPSA) is 54.9 Å². The van der Waals surface area contributed by atoms with Gasteiger partial charge >= 0.3 is 0 Å². The quantitative estimate of drug-likeness (QED) is 0.419. The van der Waals surface area contributed by atoms with Crippen LogP contribution in [0.1, 0.15) is 24.2 Å². The number of ether oxygens (including phenoxy) is 2. The van der Waals surface area contributed by atoms with Gasteiger partial charge in [0.05, 0.1) is 30.0 Å². The average molecular weight is 472 g/mol. The summed E-state index contributed by atoms with van der Waals surface area (Å²) in [6.07, 6.45) is 0. The van der Waals surface area contributed by atoms with E-state index in [1.165, 1.54) is 16.2 Å². The van der Waals surface area contributed by atoms with Crippen LogP contribution >= 0.6 is 23.1 Å². The predicted octanol–water partition coefficient (Wildman–Crippen LogP) is 4.79. The third kappa shape index (κ3) is 5.61. The van der Waals surface area contributed by atoms with Crippen molar-refractivity contribution >= 4 is 44.4 Å². The minimum absolute atomic E-state index is 0.0182. The monoisotopic (exact) mass is 471 g/mol. The first-order valence-electron chi connectivity index (χ1n) is 11.1. The number of carbonyl (C=O) groups excluding carboxylic acids is 1. The highest BCUT2D eigenvalue weighted by atomic mass is 32.2. The molecule has 0 spiro atoms. The van der Waals surface area contributed by atoms with E-state index in [4.69, 9.17) is 14.5 Å². The standard InChI is InChI=1S/C24H29N3O3S2/c1-3-30-19-7-10-21-22(17-19)32-24(25-21)27(12-11-26-13-15-29-16-14-26)23(28)18-5-8-20(9-6-18)31-4-2/h5-10,17H,3-4,11-16H2,1-2H3. The maximum atomic E-state index is 13.6. The molecule has 8 heteroatoms. The average Bonchev–Trinajstić information content (AvgIpc) is 3.24. The Bertz CT molecular complexity index is 1030. The summed E-state index contributed by atoms with van der Waals surface area (Å²) in [6, 6.07) is 13.8. The van der Waals surface area contributed by atoms with Gasteiger partial charge in [0.15, 0.2) is 5.13 Å². The zero-order chi connectivity index (χ0) is 22.3. The van der Waals surface area contributed by atoms with Gasteiger partial charge in [-0.2, -0.15) is 0 Å². The van der Waals surface area contributed by atoms with Gasteiger partial charge in [-0.15, -0.1) is 11.8 Å². The number of amides is 1. The molecule has 1 aromatic heterocycles. The van der Waals surface area contributed by atoms with E-state index in [0.29, 0.717) is 18.7 Å². The molecule has 1 saturated heterocycles. The summed E-state index contributed by atoms with van der Waals surface area (Å²) in [5.74, 6) is 1.81. The van der Waals surface area contributed by atoms with E-state index in [0.717, 1.165) is 59.7 Å². The zero-order valence-corrected chi connectivity index (χ0v) is 20.2. The fourth-order valence-corrected chi connectivity index (χ4v) is 5.31. The molecular weight excluding hydrogens is 442 g/mol. The molecule has 0 radical (unpaired) electrons. The van der Waals surface area contributed by atoms with Crippen molar-refractivity contribution in [3.63, 3.8) is 0 Å². The summed E-state index contributed by atoms with van der Waals surface area (Å²) < 4.78 is 12.1. The van der Waals surface area contributed by atoms with E-state index in [-0.39, 0.29) is 5.91 Å². The highest BCUT2D eigenvalue weighted by Crippen LogP contribution is 2.32. The molecule has 0 saturated carbocycles. The molecule has 0 bridgehead atoms. The van der Waals surface area contributed by atoms with Gasteiger partial charge in [0, 0.05) is 36.6 Å². The summed E-state index contributed by atoms with van der Waals surface area (Å²) in [4.78, 5) is 23.7. The molecule has 1 aliphatic heterocycles. The molecular formula is C24H29N3O3S2. The Morgan fingerprint density at radius 1 is 1.19 bits per heavy atom. The zero-order valence-electron chi connectivity index (χ0n) is 18.6. The summed E-state index contributed by atoms with van der Waals surface area (Å²) in [5.41, 5.74) is 1.56. The van der Waals surface area contributed by atoms with Gasteiger partial charge in [0.2, 0.25) is 0 Å². The lowest BCUT2D eigenvalue weighted by atomic mass is 10.2. The van der Waals surface area contributed by atoms with E-state index >= 15 is 0 Å². The maximum Gasteiger partial charge on any atom is 0.260 e. The van der Waals surface area contributed by atoms with E-state index in [9.17, 15) is 4.79 Å². The van der Waals surface area contributed by atoms with Gasteiger partial charge in [0.1, 0.15) is 5.75 Å². The highest BCUT2D eigenvalue weighted by molar-refractivity contribution is 7.99. The smallest absolute Gasteiger partial charge is 0.260 e. The lowest BCUT2D eigenvalue weighted by Crippen LogP contribution is -2.43. The van der Waals surface area contributed by atoms with Gasteiger partial charge in [-0.1, -0.05) is 18.3 Å². The van der Waals surface area contributed by atoms with E-state index in [1.807, 2.05) is 54.3 Å². The largest absolute Gasteiger partial charge is 0.494 e. The second-order valence-electron chi connectivity index (χ2n) is 7.43. The minimum atomic E-state index is -0.0182. The Kier molecular flexibility index (Phi) is 8.02. The molecule has 0 unspecified atom stereocenters.